The highest BCUT2D eigenvalue weighted by atomic mass is 16.6. The van der Waals surface area contributed by atoms with Crippen molar-refractivity contribution in [3.05, 3.63) is 52.1 Å². The van der Waals surface area contributed by atoms with E-state index in [2.05, 4.69) is 10.3 Å². The summed E-state index contributed by atoms with van der Waals surface area (Å²) in [5, 5.41) is 14.2. The van der Waals surface area contributed by atoms with Crippen LogP contribution in [0.4, 0.5) is 11.4 Å². The molecule has 6 nitrogen and oxygen atoms in total. The Bertz CT molecular complexity index is 607. The molecule has 0 aliphatic rings. The standard InChI is InChI=1S/C14H18N4O2/c1-3-11-5-6-12(7-14(11)18(19)20)16-9-13-8-15-10-17(13)4-2/h5-8,10,16H,3-4,9H2,1-2H3. The zero-order valence-corrected chi connectivity index (χ0v) is 11.7. The minimum absolute atomic E-state index is 0.168. The molecule has 0 bridgehead atoms. The van der Waals surface area contributed by atoms with Crippen molar-refractivity contribution in [1.82, 2.24) is 9.55 Å². The second kappa shape index (κ2) is 6.18. The number of imidazole rings is 1. The van der Waals surface area contributed by atoms with Crippen LogP contribution in [0.3, 0.4) is 0 Å². The molecule has 0 aliphatic carbocycles. The molecule has 1 N–H and O–H groups in total. The highest BCUT2D eigenvalue weighted by Crippen LogP contribution is 2.24. The van der Waals surface area contributed by atoms with E-state index in [1.807, 2.05) is 24.5 Å². The first-order valence-corrected chi connectivity index (χ1v) is 6.65. The van der Waals surface area contributed by atoms with Gasteiger partial charge in [-0.25, -0.2) is 4.98 Å². The van der Waals surface area contributed by atoms with Gasteiger partial charge in [0.1, 0.15) is 0 Å². The molecule has 0 aliphatic heterocycles. The molecule has 1 aromatic carbocycles. The van der Waals surface area contributed by atoms with Gasteiger partial charge in [-0.2, -0.15) is 0 Å². The smallest absolute Gasteiger partial charge is 0.274 e. The lowest BCUT2D eigenvalue weighted by atomic mass is 10.1. The molecular formula is C14H18N4O2. The van der Waals surface area contributed by atoms with Gasteiger partial charge in [-0.1, -0.05) is 13.0 Å². The lowest BCUT2D eigenvalue weighted by Gasteiger charge is -2.09. The van der Waals surface area contributed by atoms with Gasteiger partial charge in [0.05, 0.1) is 23.5 Å². The first kappa shape index (κ1) is 14.0. The molecule has 0 saturated heterocycles. The summed E-state index contributed by atoms with van der Waals surface area (Å²) >= 11 is 0. The number of benzene rings is 1. The average Bonchev–Trinajstić information content (AvgIpc) is 2.92. The first-order chi connectivity index (χ1) is 9.65. The molecule has 2 aromatic rings. The van der Waals surface area contributed by atoms with Crippen molar-refractivity contribution in [1.29, 1.82) is 0 Å². The molecule has 106 valence electrons. The molecule has 2 rings (SSSR count). The fourth-order valence-electron chi connectivity index (χ4n) is 2.12. The van der Waals surface area contributed by atoms with Gasteiger partial charge in [0, 0.05) is 30.1 Å². The zero-order valence-electron chi connectivity index (χ0n) is 11.7. The molecule has 0 saturated carbocycles. The third-order valence-electron chi connectivity index (χ3n) is 3.28. The molecule has 0 amide bonds. The fraction of sp³-hybridized carbons (Fsp3) is 0.357. The van der Waals surface area contributed by atoms with E-state index in [9.17, 15) is 10.1 Å². The maximum atomic E-state index is 11.0. The molecule has 20 heavy (non-hydrogen) atoms. The molecule has 0 unspecified atom stereocenters. The van der Waals surface area contributed by atoms with Gasteiger partial charge in [-0.05, 0) is 19.4 Å². The Morgan fingerprint density at radius 2 is 2.20 bits per heavy atom. The number of aromatic nitrogens is 2. The Balaban J connectivity index is 2.14. The molecule has 0 fully saturated rings. The van der Waals surface area contributed by atoms with Crippen molar-refractivity contribution >= 4 is 11.4 Å². The van der Waals surface area contributed by atoms with E-state index in [1.54, 1.807) is 24.7 Å². The summed E-state index contributed by atoms with van der Waals surface area (Å²) in [6.07, 6.45) is 4.23. The number of anilines is 1. The van der Waals surface area contributed by atoms with Crippen LogP contribution in [0.25, 0.3) is 0 Å². The van der Waals surface area contributed by atoms with Gasteiger partial charge in [0.15, 0.2) is 0 Å². The summed E-state index contributed by atoms with van der Waals surface area (Å²) in [4.78, 5) is 14.8. The van der Waals surface area contributed by atoms with Crippen LogP contribution in [0.5, 0.6) is 0 Å². The van der Waals surface area contributed by atoms with Gasteiger partial charge in [-0.15, -0.1) is 0 Å². The largest absolute Gasteiger partial charge is 0.379 e. The van der Waals surface area contributed by atoms with E-state index in [1.165, 1.54) is 0 Å². The lowest BCUT2D eigenvalue weighted by molar-refractivity contribution is -0.385. The molecule has 6 heteroatoms. The molecule has 0 atom stereocenters. The molecule has 1 heterocycles. The number of nitro groups is 1. The molecule has 0 radical (unpaired) electrons. The van der Waals surface area contributed by atoms with Gasteiger partial charge in [-0.3, -0.25) is 10.1 Å². The summed E-state index contributed by atoms with van der Waals surface area (Å²) < 4.78 is 2.03. The van der Waals surface area contributed by atoms with Crippen LogP contribution in [0.15, 0.2) is 30.7 Å². The van der Waals surface area contributed by atoms with Gasteiger partial charge >= 0.3 is 0 Å². The zero-order chi connectivity index (χ0) is 14.5. The fourth-order valence-corrected chi connectivity index (χ4v) is 2.12. The van der Waals surface area contributed by atoms with Crippen molar-refractivity contribution in [2.75, 3.05) is 5.32 Å². The monoisotopic (exact) mass is 274 g/mol. The Hall–Kier alpha value is -2.37. The number of nitrogens with zero attached hydrogens (tertiary/aromatic N) is 3. The number of nitrogens with one attached hydrogen (secondary N) is 1. The number of rotatable bonds is 6. The van der Waals surface area contributed by atoms with Crippen molar-refractivity contribution in [3.63, 3.8) is 0 Å². The van der Waals surface area contributed by atoms with E-state index >= 15 is 0 Å². The number of aryl methyl sites for hydroxylation is 2. The second-order valence-corrected chi connectivity index (χ2v) is 4.48. The molecule has 1 aromatic heterocycles. The van der Waals surface area contributed by atoms with Crippen LogP contribution in [0, 0.1) is 10.1 Å². The molecule has 0 spiro atoms. The van der Waals surface area contributed by atoms with Crippen LogP contribution in [-0.2, 0) is 19.5 Å². The maximum Gasteiger partial charge on any atom is 0.274 e. The average molecular weight is 274 g/mol. The second-order valence-electron chi connectivity index (χ2n) is 4.48. The summed E-state index contributed by atoms with van der Waals surface area (Å²) in [7, 11) is 0. The minimum Gasteiger partial charge on any atom is -0.379 e. The third-order valence-corrected chi connectivity index (χ3v) is 3.28. The van der Waals surface area contributed by atoms with Crippen molar-refractivity contribution in [2.45, 2.75) is 33.4 Å². The normalized spacial score (nSPS) is 10.5. The number of nitro benzene ring substituents is 1. The predicted octanol–water partition coefficient (Wildman–Crippen LogP) is 2.99. The van der Waals surface area contributed by atoms with Crippen LogP contribution in [0.1, 0.15) is 25.1 Å². The maximum absolute atomic E-state index is 11.0. The van der Waals surface area contributed by atoms with E-state index < -0.39 is 0 Å². The Labute approximate surface area is 117 Å². The van der Waals surface area contributed by atoms with Crippen molar-refractivity contribution < 1.29 is 4.92 Å². The lowest BCUT2D eigenvalue weighted by Crippen LogP contribution is -2.06. The Kier molecular flexibility index (Phi) is 4.34. The summed E-state index contributed by atoms with van der Waals surface area (Å²) in [5.74, 6) is 0. The highest BCUT2D eigenvalue weighted by molar-refractivity contribution is 5.55. The van der Waals surface area contributed by atoms with E-state index in [-0.39, 0.29) is 10.6 Å². The van der Waals surface area contributed by atoms with E-state index in [4.69, 9.17) is 0 Å². The van der Waals surface area contributed by atoms with Gasteiger partial charge in [0.2, 0.25) is 0 Å². The summed E-state index contributed by atoms with van der Waals surface area (Å²) in [5.41, 5.74) is 2.72. The topological polar surface area (TPSA) is 73.0 Å². The highest BCUT2D eigenvalue weighted by Gasteiger charge is 2.13. The first-order valence-electron chi connectivity index (χ1n) is 6.65. The number of hydrogen-bond donors (Lipinski definition) is 1. The number of hydrogen-bond acceptors (Lipinski definition) is 4. The Morgan fingerprint density at radius 1 is 1.40 bits per heavy atom. The van der Waals surface area contributed by atoms with Crippen LogP contribution < -0.4 is 5.32 Å². The van der Waals surface area contributed by atoms with Crippen molar-refractivity contribution in [2.24, 2.45) is 0 Å². The van der Waals surface area contributed by atoms with E-state index in [0.717, 1.165) is 23.5 Å². The van der Waals surface area contributed by atoms with E-state index in [0.29, 0.717) is 13.0 Å². The van der Waals surface area contributed by atoms with Crippen LogP contribution in [-0.4, -0.2) is 14.5 Å². The SMILES string of the molecule is CCc1ccc(NCc2cncn2CC)cc1[N+](=O)[O-]. The molecular weight excluding hydrogens is 256 g/mol. The quantitative estimate of drug-likeness (QED) is 0.649. The summed E-state index contributed by atoms with van der Waals surface area (Å²) in [6.45, 7) is 5.41. The van der Waals surface area contributed by atoms with Crippen LogP contribution >= 0.6 is 0 Å². The Morgan fingerprint density at radius 3 is 2.85 bits per heavy atom. The van der Waals surface area contributed by atoms with Gasteiger partial charge < -0.3 is 9.88 Å². The van der Waals surface area contributed by atoms with Crippen molar-refractivity contribution in [3.8, 4) is 0 Å². The van der Waals surface area contributed by atoms with Crippen LogP contribution in [0.2, 0.25) is 0 Å². The minimum atomic E-state index is -0.333. The van der Waals surface area contributed by atoms with Gasteiger partial charge in [0.25, 0.3) is 5.69 Å². The predicted molar refractivity (Wildman–Crippen MR) is 77.7 cm³/mol. The third kappa shape index (κ3) is 2.96. The summed E-state index contributed by atoms with van der Waals surface area (Å²) in [6, 6.07) is 5.27.